The van der Waals surface area contributed by atoms with Crippen LogP contribution in [0.1, 0.15) is 22.0 Å². The van der Waals surface area contributed by atoms with Gasteiger partial charge in [0.2, 0.25) is 0 Å². The Hall–Kier alpha value is -1.47. The van der Waals surface area contributed by atoms with E-state index in [9.17, 15) is 4.79 Å². The maximum absolute atomic E-state index is 10.7. The Morgan fingerprint density at radius 2 is 2.29 bits per heavy atom. The molecule has 0 aliphatic rings. The molecule has 0 bridgehead atoms. The van der Waals surface area contributed by atoms with E-state index in [2.05, 4.69) is 14.3 Å². The molecule has 2 aromatic rings. The molecule has 0 aromatic carbocycles. The number of thioether (sulfide) groups is 1. The molecule has 0 amide bonds. The van der Waals surface area contributed by atoms with Crippen LogP contribution < -0.4 is 0 Å². The minimum Gasteiger partial charge on any atom is -0.477 e. The summed E-state index contributed by atoms with van der Waals surface area (Å²) in [6.45, 7) is 1.84. The highest BCUT2D eigenvalue weighted by Gasteiger charge is 2.06. The molecule has 2 heterocycles. The van der Waals surface area contributed by atoms with Crippen LogP contribution in [0.15, 0.2) is 22.5 Å². The first-order chi connectivity index (χ1) is 8.15. The lowest BCUT2D eigenvalue weighted by Crippen LogP contribution is -2.01. The lowest BCUT2D eigenvalue weighted by molar-refractivity contribution is 0.0690. The van der Waals surface area contributed by atoms with Crippen molar-refractivity contribution in [2.75, 3.05) is 0 Å². The van der Waals surface area contributed by atoms with Gasteiger partial charge in [-0.15, -0.1) is 0 Å². The van der Waals surface area contributed by atoms with Crippen LogP contribution in [0.2, 0.25) is 0 Å². The fraction of sp³-hybridized carbons (Fsp3) is 0.200. The number of nitrogens with zero attached hydrogens (tertiary/aromatic N) is 3. The maximum Gasteiger partial charge on any atom is 0.354 e. The van der Waals surface area contributed by atoms with Gasteiger partial charge >= 0.3 is 5.97 Å². The molecule has 0 spiro atoms. The van der Waals surface area contributed by atoms with Gasteiger partial charge in [-0.25, -0.2) is 14.8 Å². The highest BCUT2D eigenvalue weighted by Crippen LogP contribution is 2.23. The molecule has 0 unspecified atom stereocenters. The van der Waals surface area contributed by atoms with Gasteiger partial charge in [0.15, 0.2) is 4.34 Å². The molecule has 5 nitrogen and oxygen atoms in total. The zero-order valence-electron chi connectivity index (χ0n) is 8.95. The zero-order chi connectivity index (χ0) is 12.3. The fourth-order valence-corrected chi connectivity index (χ4v) is 2.70. The van der Waals surface area contributed by atoms with Gasteiger partial charge in [0, 0.05) is 5.75 Å². The topological polar surface area (TPSA) is 76.0 Å². The van der Waals surface area contributed by atoms with Crippen LogP contribution in [0, 0.1) is 6.92 Å². The molecule has 1 N–H and O–H groups in total. The Kier molecular flexibility index (Phi) is 3.70. The smallest absolute Gasteiger partial charge is 0.354 e. The highest BCUT2D eigenvalue weighted by molar-refractivity contribution is 8.00. The molecule has 0 atom stereocenters. The molecule has 2 rings (SSSR count). The Labute approximate surface area is 106 Å². The number of aryl methyl sites for hydroxylation is 1. The summed E-state index contributed by atoms with van der Waals surface area (Å²) in [6, 6.07) is 4.97. The van der Waals surface area contributed by atoms with Crippen LogP contribution in [-0.2, 0) is 5.75 Å². The zero-order valence-corrected chi connectivity index (χ0v) is 10.6. The molecule has 0 saturated carbocycles. The second-order valence-corrected chi connectivity index (χ2v) is 5.19. The first-order valence-corrected chi connectivity index (χ1v) is 6.53. The molecular weight excluding hydrogens is 258 g/mol. The van der Waals surface area contributed by atoms with E-state index in [0.717, 1.165) is 15.9 Å². The quantitative estimate of drug-likeness (QED) is 0.856. The first kappa shape index (κ1) is 12.0. The van der Waals surface area contributed by atoms with Gasteiger partial charge in [-0.05, 0) is 30.6 Å². The second-order valence-electron chi connectivity index (χ2n) is 3.22. The van der Waals surface area contributed by atoms with E-state index in [1.807, 2.05) is 6.92 Å². The van der Waals surface area contributed by atoms with Crippen molar-refractivity contribution in [1.29, 1.82) is 0 Å². The number of aromatic nitrogens is 3. The van der Waals surface area contributed by atoms with E-state index in [-0.39, 0.29) is 5.69 Å². The molecule has 2 aromatic heterocycles. The highest BCUT2D eigenvalue weighted by atomic mass is 32.2. The molecule has 7 heteroatoms. The third-order valence-corrected chi connectivity index (χ3v) is 3.84. The molecule has 0 aliphatic carbocycles. The van der Waals surface area contributed by atoms with Gasteiger partial charge < -0.3 is 5.11 Å². The fourth-order valence-electron chi connectivity index (χ4n) is 1.15. The lowest BCUT2D eigenvalue weighted by Gasteiger charge is -1.99. The lowest BCUT2D eigenvalue weighted by atomic mass is 10.3. The number of pyridine rings is 1. The van der Waals surface area contributed by atoms with Crippen LogP contribution in [0.3, 0.4) is 0 Å². The van der Waals surface area contributed by atoms with Crippen molar-refractivity contribution in [1.82, 2.24) is 14.3 Å². The Morgan fingerprint density at radius 3 is 2.94 bits per heavy atom. The number of carbonyl (C=O) groups is 1. The Morgan fingerprint density at radius 1 is 1.47 bits per heavy atom. The van der Waals surface area contributed by atoms with E-state index < -0.39 is 5.97 Å². The summed E-state index contributed by atoms with van der Waals surface area (Å²) in [5, 5.41) is 8.81. The van der Waals surface area contributed by atoms with Crippen molar-refractivity contribution in [2.45, 2.75) is 17.0 Å². The van der Waals surface area contributed by atoms with Gasteiger partial charge in [0.25, 0.3) is 0 Å². The largest absolute Gasteiger partial charge is 0.477 e. The number of hydrogen-bond acceptors (Lipinski definition) is 6. The first-order valence-electron chi connectivity index (χ1n) is 4.77. The number of carboxylic acids is 1. The summed E-state index contributed by atoms with van der Waals surface area (Å²) < 4.78 is 4.94. The van der Waals surface area contributed by atoms with Gasteiger partial charge in [-0.2, -0.15) is 4.37 Å². The molecule has 88 valence electrons. The second kappa shape index (κ2) is 5.24. The summed E-state index contributed by atoms with van der Waals surface area (Å²) in [7, 11) is 0. The number of aromatic carboxylic acids is 1. The van der Waals surface area contributed by atoms with Gasteiger partial charge in [0.05, 0.1) is 5.69 Å². The van der Waals surface area contributed by atoms with E-state index in [4.69, 9.17) is 5.11 Å². The van der Waals surface area contributed by atoms with Crippen molar-refractivity contribution < 1.29 is 9.90 Å². The van der Waals surface area contributed by atoms with Crippen LogP contribution >= 0.6 is 23.3 Å². The summed E-state index contributed by atoms with van der Waals surface area (Å²) in [5.74, 6) is 0.337. The maximum atomic E-state index is 10.7. The van der Waals surface area contributed by atoms with Gasteiger partial charge in [-0.1, -0.05) is 17.8 Å². The normalized spacial score (nSPS) is 10.4. The van der Waals surface area contributed by atoms with E-state index in [1.54, 1.807) is 12.1 Å². The summed E-state index contributed by atoms with van der Waals surface area (Å²) >= 11 is 2.84. The number of carboxylic acid groups (broad SMARTS) is 1. The number of hydrogen-bond donors (Lipinski definition) is 1. The van der Waals surface area contributed by atoms with Crippen LogP contribution in [0.4, 0.5) is 0 Å². The summed E-state index contributed by atoms with van der Waals surface area (Å²) in [5.41, 5.74) is 0.791. The third-order valence-electron chi connectivity index (χ3n) is 1.88. The molecule has 17 heavy (non-hydrogen) atoms. The van der Waals surface area contributed by atoms with Gasteiger partial charge in [0.1, 0.15) is 11.5 Å². The average Bonchev–Trinajstić information content (AvgIpc) is 2.73. The monoisotopic (exact) mass is 267 g/mol. The van der Waals surface area contributed by atoms with E-state index in [1.165, 1.54) is 29.4 Å². The molecule has 0 saturated heterocycles. The van der Waals surface area contributed by atoms with Crippen molar-refractivity contribution in [3.05, 3.63) is 35.4 Å². The molecule has 0 radical (unpaired) electrons. The van der Waals surface area contributed by atoms with Crippen LogP contribution in [0.5, 0.6) is 0 Å². The predicted molar refractivity (Wildman–Crippen MR) is 65.4 cm³/mol. The summed E-state index contributed by atoms with van der Waals surface area (Å²) in [6.07, 6.45) is 0. The minimum absolute atomic E-state index is 0.0662. The predicted octanol–water partition coefficient (Wildman–Crippen LogP) is 2.23. The SMILES string of the molecule is Cc1nsc(SCc2cccc(C(=O)O)n2)n1. The van der Waals surface area contributed by atoms with Crippen LogP contribution in [0.25, 0.3) is 0 Å². The van der Waals surface area contributed by atoms with E-state index in [0.29, 0.717) is 5.75 Å². The van der Waals surface area contributed by atoms with Crippen LogP contribution in [-0.4, -0.2) is 25.4 Å². The van der Waals surface area contributed by atoms with Crippen molar-refractivity contribution in [3.63, 3.8) is 0 Å². The van der Waals surface area contributed by atoms with E-state index >= 15 is 0 Å². The molecule has 0 aliphatic heterocycles. The Bertz CT molecular complexity index is 542. The van der Waals surface area contributed by atoms with Crippen molar-refractivity contribution >= 4 is 29.3 Å². The summed E-state index contributed by atoms with van der Waals surface area (Å²) in [4.78, 5) is 19.0. The van der Waals surface area contributed by atoms with Crippen molar-refractivity contribution in [2.24, 2.45) is 0 Å². The van der Waals surface area contributed by atoms with Gasteiger partial charge in [-0.3, -0.25) is 0 Å². The standard InChI is InChI=1S/C10H9N3O2S2/c1-6-11-10(17-13-6)16-5-7-3-2-4-8(12-7)9(14)15/h2-4H,5H2,1H3,(H,14,15). The molecule has 0 fully saturated rings. The number of rotatable bonds is 4. The Balaban J connectivity index is 2.04. The average molecular weight is 267 g/mol. The third kappa shape index (κ3) is 3.24. The van der Waals surface area contributed by atoms with Crippen molar-refractivity contribution in [3.8, 4) is 0 Å². The molecular formula is C10H9N3O2S2. The minimum atomic E-state index is -1.01.